The quantitative estimate of drug-likeness (QED) is 0.943. The van der Waals surface area contributed by atoms with Crippen LogP contribution in [-0.4, -0.2) is 26.1 Å². The molecule has 22 heavy (non-hydrogen) atoms. The summed E-state index contributed by atoms with van der Waals surface area (Å²) in [7, 11) is 1.65. The average Bonchev–Trinajstić information content (AvgIpc) is 2.96. The number of nitrogens with zero attached hydrogens (tertiary/aromatic N) is 1. The van der Waals surface area contributed by atoms with Crippen LogP contribution in [0.4, 0.5) is 5.69 Å². The number of anilines is 1. The van der Waals surface area contributed by atoms with Gasteiger partial charge < -0.3 is 15.4 Å². The van der Waals surface area contributed by atoms with Crippen molar-refractivity contribution >= 4 is 11.6 Å². The van der Waals surface area contributed by atoms with E-state index >= 15 is 0 Å². The molecule has 1 amide bonds. The number of amides is 1. The molecule has 1 aliphatic rings. The van der Waals surface area contributed by atoms with Gasteiger partial charge in [0.1, 0.15) is 5.75 Å². The van der Waals surface area contributed by atoms with Gasteiger partial charge in [0, 0.05) is 18.5 Å². The van der Waals surface area contributed by atoms with Crippen LogP contribution in [0.15, 0.2) is 48.5 Å². The molecule has 0 spiro atoms. The Morgan fingerprint density at radius 2 is 2.05 bits per heavy atom. The van der Waals surface area contributed by atoms with Crippen LogP contribution in [0.25, 0.3) is 11.1 Å². The fourth-order valence-electron chi connectivity index (χ4n) is 2.92. The van der Waals surface area contributed by atoms with Crippen molar-refractivity contribution in [1.82, 2.24) is 0 Å². The van der Waals surface area contributed by atoms with Gasteiger partial charge in [0.2, 0.25) is 5.91 Å². The van der Waals surface area contributed by atoms with E-state index in [4.69, 9.17) is 10.5 Å². The van der Waals surface area contributed by atoms with Crippen LogP contribution in [-0.2, 0) is 4.79 Å². The van der Waals surface area contributed by atoms with E-state index in [1.165, 1.54) is 0 Å². The summed E-state index contributed by atoms with van der Waals surface area (Å²) >= 11 is 0. The fourth-order valence-corrected chi connectivity index (χ4v) is 2.92. The lowest BCUT2D eigenvalue weighted by Crippen LogP contribution is -2.26. The van der Waals surface area contributed by atoms with E-state index in [0.717, 1.165) is 22.6 Å². The molecule has 3 rings (SSSR count). The number of carbonyl (C=O) groups excluding carboxylic acids is 1. The summed E-state index contributed by atoms with van der Waals surface area (Å²) in [6.45, 7) is 1.24. The van der Waals surface area contributed by atoms with Gasteiger partial charge in [0.05, 0.1) is 12.8 Å². The van der Waals surface area contributed by atoms with E-state index in [2.05, 4.69) is 0 Å². The number of hydrogen-bond acceptors (Lipinski definition) is 3. The first-order chi connectivity index (χ1) is 10.7. The maximum absolute atomic E-state index is 12.3. The lowest BCUT2D eigenvalue weighted by atomic mass is 10.0. The highest BCUT2D eigenvalue weighted by atomic mass is 16.5. The molecule has 1 unspecified atom stereocenters. The molecule has 0 saturated carbocycles. The molecule has 1 aliphatic heterocycles. The lowest BCUT2D eigenvalue weighted by molar-refractivity contribution is -0.117. The number of benzene rings is 2. The Balaban J connectivity index is 2.01. The van der Waals surface area contributed by atoms with Crippen LogP contribution >= 0.6 is 0 Å². The molecular formula is C18H20N2O2. The molecule has 1 saturated heterocycles. The van der Waals surface area contributed by atoms with Gasteiger partial charge >= 0.3 is 0 Å². The van der Waals surface area contributed by atoms with Gasteiger partial charge in [0.15, 0.2) is 0 Å². The lowest BCUT2D eigenvalue weighted by Gasteiger charge is -2.20. The molecule has 4 nitrogen and oxygen atoms in total. The van der Waals surface area contributed by atoms with Crippen molar-refractivity contribution in [2.24, 2.45) is 11.7 Å². The smallest absolute Gasteiger partial charge is 0.227 e. The zero-order chi connectivity index (χ0) is 15.5. The van der Waals surface area contributed by atoms with Gasteiger partial charge in [-0.2, -0.15) is 0 Å². The third-order valence-corrected chi connectivity index (χ3v) is 4.11. The second kappa shape index (κ2) is 6.20. The van der Waals surface area contributed by atoms with Crippen molar-refractivity contribution in [3.8, 4) is 16.9 Å². The Morgan fingerprint density at radius 1 is 1.23 bits per heavy atom. The molecule has 2 aromatic rings. The van der Waals surface area contributed by atoms with Gasteiger partial charge in [0.25, 0.3) is 0 Å². The molecule has 114 valence electrons. The first-order valence-electron chi connectivity index (χ1n) is 7.47. The van der Waals surface area contributed by atoms with Gasteiger partial charge in [-0.15, -0.1) is 0 Å². The predicted molar refractivity (Wildman–Crippen MR) is 87.9 cm³/mol. The highest BCUT2D eigenvalue weighted by Crippen LogP contribution is 2.35. The summed E-state index contributed by atoms with van der Waals surface area (Å²) in [5.41, 5.74) is 8.74. The highest BCUT2D eigenvalue weighted by Gasteiger charge is 2.30. The Hall–Kier alpha value is -2.33. The third kappa shape index (κ3) is 2.70. The number of hydrogen-bond donors (Lipinski definition) is 1. The fraction of sp³-hybridized carbons (Fsp3) is 0.278. The summed E-state index contributed by atoms with van der Waals surface area (Å²) in [5, 5.41) is 0. The average molecular weight is 296 g/mol. The Labute approximate surface area is 130 Å². The number of para-hydroxylation sites is 1. The van der Waals surface area contributed by atoms with E-state index in [-0.39, 0.29) is 11.8 Å². The summed E-state index contributed by atoms with van der Waals surface area (Å²) in [5.74, 6) is 1.19. The molecule has 1 fully saturated rings. The third-order valence-electron chi connectivity index (χ3n) is 4.11. The SMILES string of the molecule is COc1cccc(-c2ccccc2N2CC(CN)CC2=O)c1. The van der Waals surface area contributed by atoms with Crippen LogP contribution in [0.2, 0.25) is 0 Å². The molecule has 0 radical (unpaired) electrons. The van der Waals surface area contributed by atoms with E-state index in [0.29, 0.717) is 19.5 Å². The van der Waals surface area contributed by atoms with Crippen molar-refractivity contribution < 1.29 is 9.53 Å². The minimum atomic E-state index is 0.144. The standard InChI is InChI=1S/C18H20N2O2/c1-22-15-6-4-5-14(10-15)16-7-2-3-8-17(16)20-12-13(11-19)9-18(20)21/h2-8,10,13H,9,11-12,19H2,1H3. The maximum atomic E-state index is 12.3. The van der Waals surface area contributed by atoms with Crippen LogP contribution in [0.5, 0.6) is 5.75 Å². The summed E-state index contributed by atoms with van der Waals surface area (Å²) in [6.07, 6.45) is 0.531. The van der Waals surface area contributed by atoms with Crippen LogP contribution in [0, 0.1) is 5.92 Å². The van der Waals surface area contributed by atoms with Gasteiger partial charge in [-0.05, 0) is 36.2 Å². The zero-order valence-electron chi connectivity index (χ0n) is 12.7. The normalized spacial score (nSPS) is 17.8. The van der Waals surface area contributed by atoms with Crippen LogP contribution in [0.3, 0.4) is 0 Å². The monoisotopic (exact) mass is 296 g/mol. The Morgan fingerprint density at radius 3 is 2.77 bits per heavy atom. The largest absolute Gasteiger partial charge is 0.497 e. The Bertz CT molecular complexity index is 684. The van der Waals surface area contributed by atoms with E-state index in [1.807, 2.05) is 53.4 Å². The molecule has 2 aromatic carbocycles. The van der Waals surface area contributed by atoms with Crippen molar-refractivity contribution in [2.45, 2.75) is 6.42 Å². The number of carbonyl (C=O) groups is 1. The number of ether oxygens (including phenoxy) is 1. The maximum Gasteiger partial charge on any atom is 0.227 e. The minimum absolute atomic E-state index is 0.144. The number of rotatable bonds is 4. The first kappa shape index (κ1) is 14.6. The molecule has 4 heteroatoms. The second-order valence-corrected chi connectivity index (χ2v) is 5.56. The van der Waals surface area contributed by atoms with E-state index in [1.54, 1.807) is 7.11 Å². The Kier molecular flexibility index (Phi) is 4.11. The van der Waals surface area contributed by atoms with Gasteiger partial charge in [-0.25, -0.2) is 0 Å². The second-order valence-electron chi connectivity index (χ2n) is 5.56. The molecule has 0 aliphatic carbocycles. The molecular weight excluding hydrogens is 276 g/mol. The molecule has 1 atom stereocenters. The van der Waals surface area contributed by atoms with Gasteiger partial charge in [-0.1, -0.05) is 30.3 Å². The molecule has 0 aromatic heterocycles. The molecule has 0 bridgehead atoms. The van der Waals surface area contributed by atoms with Crippen molar-refractivity contribution in [3.05, 3.63) is 48.5 Å². The zero-order valence-corrected chi connectivity index (χ0v) is 12.7. The summed E-state index contributed by atoms with van der Waals surface area (Å²) < 4.78 is 5.30. The van der Waals surface area contributed by atoms with Crippen LogP contribution < -0.4 is 15.4 Å². The number of methoxy groups -OCH3 is 1. The molecule has 1 heterocycles. The predicted octanol–water partition coefficient (Wildman–Crippen LogP) is 2.67. The van der Waals surface area contributed by atoms with Crippen molar-refractivity contribution in [3.63, 3.8) is 0 Å². The number of nitrogens with two attached hydrogens (primary N) is 1. The van der Waals surface area contributed by atoms with Crippen molar-refractivity contribution in [1.29, 1.82) is 0 Å². The van der Waals surface area contributed by atoms with Crippen molar-refractivity contribution in [2.75, 3.05) is 25.1 Å². The summed E-state index contributed by atoms with van der Waals surface area (Å²) in [4.78, 5) is 14.1. The van der Waals surface area contributed by atoms with Crippen LogP contribution in [0.1, 0.15) is 6.42 Å². The highest BCUT2D eigenvalue weighted by molar-refractivity contribution is 5.99. The first-order valence-corrected chi connectivity index (χ1v) is 7.47. The van der Waals surface area contributed by atoms with E-state index in [9.17, 15) is 4.79 Å². The topological polar surface area (TPSA) is 55.6 Å². The minimum Gasteiger partial charge on any atom is -0.497 e. The van der Waals surface area contributed by atoms with Gasteiger partial charge in [-0.3, -0.25) is 4.79 Å². The van der Waals surface area contributed by atoms with E-state index < -0.39 is 0 Å². The summed E-state index contributed by atoms with van der Waals surface area (Å²) in [6, 6.07) is 15.9. The molecule has 2 N–H and O–H groups in total.